The summed E-state index contributed by atoms with van der Waals surface area (Å²) in [7, 11) is 0. The third kappa shape index (κ3) is 3.91. The van der Waals surface area contributed by atoms with Crippen LogP contribution in [-0.4, -0.2) is 21.1 Å². The van der Waals surface area contributed by atoms with E-state index in [1.165, 1.54) is 6.20 Å². The number of nitrogens with one attached hydrogen (secondary N) is 1. The third-order valence-corrected chi connectivity index (χ3v) is 4.92. The van der Waals surface area contributed by atoms with Crippen molar-refractivity contribution in [1.82, 2.24) is 10.2 Å². The topological polar surface area (TPSA) is 78.3 Å². The van der Waals surface area contributed by atoms with Gasteiger partial charge in [0.15, 0.2) is 0 Å². The van der Waals surface area contributed by atoms with Crippen molar-refractivity contribution in [2.75, 3.05) is 0 Å². The summed E-state index contributed by atoms with van der Waals surface area (Å²) < 4.78 is 0.992. The van der Waals surface area contributed by atoms with E-state index in [0.717, 1.165) is 21.2 Å². The van der Waals surface area contributed by atoms with Gasteiger partial charge in [0, 0.05) is 23.0 Å². The number of rotatable bonds is 5. The molecular weight excluding hydrogens is 394 g/mol. The molecule has 1 heterocycles. The molecule has 3 aromatic rings. The number of hydrogen-bond acceptors (Lipinski definition) is 4. The maximum atomic E-state index is 12.1. The number of aryl methyl sites for hydroxylation is 1. The molecule has 2 N–H and O–H groups in total. The quantitative estimate of drug-likeness (QED) is 0.374. The smallest absolute Gasteiger partial charge is 0.273 e. The van der Waals surface area contributed by atoms with Crippen LogP contribution in [0.4, 0.5) is 0 Å². The van der Waals surface area contributed by atoms with E-state index in [-0.39, 0.29) is 11.5 Å². The summed E-state index contributed by atoms with van der Waals surface area (Å²) in [5, 5.41) is 19.1. The van der Waals surface area contributed by atoms with Crippen LogP contribution in [0.1, 0.15) is 34.6 Å². The molecule has 0 saturated carbocycles. The third-order valence-electron chi connectivity index (χ3n) is 4.39. The molecule has 6 heteroatoms. The monoisotopic (exact) mass is 411 g/mol. The van der Waals surface area contributed by atoms with E-state index in [1.807, 2.05) is 36.4 Å². The van der Waals surface area contributed by atoms with Crippen molar-refractivity contribution >= 4 is 21.6 Å². The molecule has 5 nitrogen and oxygen atoms in total. The van der Waals surface area contributed by atoms with Gasteiger partial charge in [0.2, 0.25) is 0 Å². The zero-order chi connectivity index (χ0) is 18.5. The van der Waals surface area contributed by atoms with Crippen molar-refractivity contribution in [3.8, 4) is 0 Å². The average molecular weight is 412 g/mol. The summed E-state index contributed by atoms with van der Waals surface area (Å²) in [4.78, 5) is 12.1. The molecule has 0 aliphatic carbocycles. The average Bonchev–Trinajstić information content (AvgIpc) is 2.65. The zero-order valence-electron chi connectivity index (χ0n) is 14.2. The Morgan fingerprint density at radius 3 is 2.58 bits per heavy atom. The number of H-pyrrole nitrogens is 1. The molecule has 0 spiro atoms. The Bertz CT molecular complexity index is 981. The summed E-state index contributed by atoms with van der Waals surface area (Å²) in [6.45, 7) is 2.05. The second-order valence-corrected chi connectivity index (χ2v) is 6.93. The lowest BCUT2D eigenvalue weighted by atomic mass is 9.84. The van der Waals surface area contributed by atoms with E-state index < -0.39 is 0 Å². The number of aromatic nitrogens is 2. The zero-order valence-corrected chi connectivity index (χ0v) is 15.8. The Labute approximate surface area is 159 Å². The highest BCUT2D eigenvalue weighted by molar-refractivity contribution is 9.10. The van der Waals surface area contributed by atoms with Gasteiger partial charge in [-0.1, -0.05) is 57.5 Å². The van der Waals surface area contributed by atoms with E-state index in [2.05, 4.69) is 50.3 Å². The lowest BCUT2D eigenvalue weighted by molar-refractivity contribution is 0.317. The molecule has 0 unspecified atom stereocenters. The first-order valence-corrected chi connectivity index (χ1v) is 8.95. The highest BCUT2D eigenvalue weighted by atomic mass is 79.9. The van der Waals surface area contributed by atoms with Crippen LogP contribution in [0.15, 0.2) is 75.2 Å². The maximum absolute atomic E-state index is 12.1. The fourth-order valence-electron chi connectivity index (χ4n) is 3.05. The lowest BCUT2D eigenvalue weighted by Gasteiger charge is -2.20. The van der Waals surface area contributed by atoms with Crippen LogP contribution in [-0.2, 0) is 0 Å². The maximum Gasteiger partial charge on any atom is 0.273 e. The lowest BCUT2D eigenvalue weighted by Crippen LogP contribution is -2.21. The van der Waals surface area contributed by atoms with E-state index in [9.17, 15) is 10.0 Å². The second-order valence-electron chi connectivity index (χ2n) is 6.01. The summed E-state index contributed by atoms with van der Waals surface area (Å²) in [6, 6.07) is 17.7. The van der Waals surface area contributed by atoms with Crippen LogP contribution in [0.5, 0.6) is 0 Å². The number of nitrogens with zero attached hydrogens (tertiary/aromatic N) is 2. The molecule has 1 aromatic heterocycles. The molecule has 3 rings (SSSR count). The fraction of sp³-hybridized carbons (Fsp3) is 0.150. The highest BCUT2D eigenvalue weighted by Gasteiger charge is 2.21. The predicted octanol–water partition coefficient (Wildman–Crippen LogP) is 4.24. The molecule has 0 aliphatic rings. The number of halogens is 1. The van der Waals surface area contributed by atoms with Gasteiger partial charge in [-0.25, -0.2) is 5.10 Å². The SMILES string of the molecule is Cc1ccccc1[C@@H](C/C(=N\O)c1ccn[nH]c1=O)c1ccc(Br)cc1. The van der Waals surface area contributed by atoms with Gasteiger partial charge in [-0.2, -0.15) is 5.10 Å². The van der Waals surface area contributed by atoms with Crippen molar-refractivity contribution in [2.45, 2.75) is 19.3 Å². The number of benzene rings is 2. The first-order chi connectivity index (χ1) is 12.6. The number of aromatic amines is 1. The Kier molecular flexibility index (Phi) is 5.63. The van der Waals surface area contributed by atoms with Gasteiger partial charge < -0.3 is 5.21 Å². The first-order valence-electron chi connectivity index (χ1n) is 8.16. The molecule has 0 fully saturated rings. The van der Waals surface area contributed by atoms with Gasteiger partial charge in [-0.3, -0.25) is 4.79 Å². The van der Waals surface area contributed by atoms with Crippen molar-refractivity contribution in [1.29, 1.82) is 0 Å². The van der Waals surface area contributed by atoms with Gasteiger partial charge in [0.05, 0.1) is 11.3 Å². The molecule has 26 heavy (non-hydrogen) atoms. The van der Waals surface area contributed by atoms with Gasteiger partial charge in [-0.05, 0) is 41.8 Å². The molecule has 0 bridgehead atoms. The minimum absolute atomic E-state index is 0.0530. The molecule has 0 radical (unpaired) electrons. The first kappa shape index (κ1) is 18.1. The van der Waals surface area contributed by atoms with Crippen LogP contribution >= 0.6 is 15.9 Å². The van der Waals surface area contributed by atoms with Crippen molar-refractivity contribution in [3.05, 3.63) is 97.9 Å². The van der Waals surface area contributed by atoms with Gasteiger partial charge >= 0.3 is 0 Å². The van der Waals surface area contributed by atoms with Crippen LogP contribution in [0.3, 0.4) is 0 Å². The fourth-order valence-corrected chi connectivity index (χ4v) is 3.31. The largest absolute Gasteiger partial charge is 0.411 e. The minimum atomic E-state index is -0.375. The van der Waals surface area contributed by atoms with Crippen LogP contribution in [0, 0.1) is 6.92 Å². The normalized spacial score (nSPS) is 12.8. The Hall–Kier alpha value is -2.73. The highest BCUT2D eigenvalue weighted by Crippen LogP contribution is 2.32. The van der Waals surface area contributed by atoms with E-state index in [4.69, 9.17) is 0 Å². The molecule has 0 aliphatic heterocycles. The van der Waals surface area contributed by atoms with E-state index >= 15 is 0 Å². The van der Waals surface area contributed by atoms with Gasteiger partial charge in [0.25, 0.3) is 5.56 Å². The van der Waals surface area contributed by atoms with Crippen molar-refractivity contribution in [2.24, 2.45) is 5.16 Å². The Morgan fingerprint density at radius 1 is 1.19 bits per heavy atom. The molecule has 2 aromatic carbocycles. The van der Waals surface area contributed by atoms with Crippen molar-refractivity contribution in [3.63, 3.8) is 0 Å². The minimum Gasteiger partial charge on any atom is -0.411 e. The molecule has 132 valence electrons. The number of hydrogen-bond donors (Lipinski definition) is 2. The van der Waals surface area contributed by atoms with E-state index in [0.29, 0.717) is 17.7 Å². The molecule has 0 amide bonds. The Morgan fingerprint density at radius 2 is 1.92 bits per heavy atom. The summed E-state index contributed by atoms with van der Waals surface area (Å²) >= 11 is 3.46. The standard InChI is InChI=1S/C20H18BrN3O2/c1-13-4-2-3-5-16(13)18(14-6-8-15(21)9-7-14)12-19(24-26)17-10-11-22-23-20(17)25/h2-11,18,26H,12H2,1H3,(H,23,25)/b24-19+/t18-/m0/s1. The van der Waals surface area contributed by atoms with Crippen LogP contribution in [0.2, 0.25) is 0 Å². The summed E-state index contributed by atoms with van der Waals surface area (Å²) in [6.07, 6.45) is 1.86. The predicted molar refractivity (Wildman–Crippen MR) is 105 cm³/mol. The molecule has 0 saturated heterocycles. The van der Waals surface area contributed by atoms with Crippen LogP contribution in [0.25, 0.3) is 0 Å². The molecule has 1 atom stereocenters. The Balaban J connectivity index is 2.06. The van der Waals surface area contributed by atoms with Gasteiger partial charge in [0.1, 0.15) is 0 Å². The summed E-state index contributed by atoms with van der Waals surface area (Å²) in [5.41, 5.74) is 3.61. The van der Waals surface area contributed by atoms with Crippen molar-refractivity contribution < 1.29 is 5.21 Å². The van der Waals surface area contributed by atoms with Crippen LogP contribution < -0.4 is 5.56 Å². The second kappa shape index (κ2) is 8.10. The summed E-state index contributed by atoms with van der Waals surface area (Å²) in [5.74, 6) is -0.0530. The molecular formula is C20H18BrN3O2. The number of oxime groups is 1. The van der Waals surface area contributed by atoms with E-state index in [1.54, 1.807) is 6.07 Å². The van der Waals surface area contributed by atoms with Gasteiger partial charge in [-0.15, -0.1) is 0 Å².